The second kappa shape index (κ2) is 8.27. The van der Waals surface area contributed by atoms with Crippen LogP contribution in [0.1, 0.15) is 18.1 Å². The zero-order chi connectivity index (χ0) is 20.4. The van der Waals surface area contributed by atoms with E-state index in [1.807, 2.05) is 17.2 Å². The van der Waals surface area contributed by atoms with Gasteiger partial charge in [0.1, 0.15) is 5.82 Å². The second-order valence-corrected chi connectivity index (χ2v) is 7.90. The van der Waals surface area contributed by atoms with Crippen molar-refractivity contribution in [2.24, 2.45) is 0 Å². The van der Waals surface area contributed by atoms with Crippen LogP contribution in [0, 0.1) is 13.8 Å². The lowest BCUT2D eigenvalue weighted by Gasteiger charge is -2.38. The molecule has 0 N–H and O–H groups in total. The largest absolute Gasteiger partial charge is 0.368 e. The molecular weight excluding hydrogens is 364 g/mol. The minimum Gasteiger partial charge on any atom is -0.368 e. The van der Waals surface area contributed by atoms with Crippen LogP contribution >= 0.6 is 0 Å². The van der Waals surface area contributed by atoms with Gasteiger partial charge in [-0.05, 0) is 37.1 Å². The van der Waals surface area contributed by atoms with E-state index in [0.29, 0.717) is 0 Å². The van der Waals surface area contributed by atoms with Crippen molar-refractivity contribution in [2.45, 2.75) is 20.8 Å². The quantitative estimate of drug-likeness (QED) is 0.795. The van der Waals surface area contributed by atoms with E-state index >= 15 is 0 Å². The number of aryl methyl sites for hydroxylation is 1. The molecule has 0 radical (unpaired) electrons. The molecule has 2 fully saturated rings. The van der Waals surface area contributed by atoms with Crippen molar-refractivity contribution < 1.29 is 4.79 Å². The average Bonchev–Trinajstić information content (AvgIpc) is 2.76. The van der Waals surface area contributed by atoms with Crippen LogP contribution in [0.4, 0.5) is 17.5 Å². The van der Waals surface area contributed by atoms with Gasteiger partial charge in [-0.1, -0.05) is 12.1 Å². The van der Waals surface area contributed by atoms with Crippen molar-refractivity contribution in [1.82, 2.24) is 14.9 Å². The predicted molar refractivity (Wildman–Crippen MR) is 117 cm³/mol. The first-order chi connectivity index (χ1) is 14.0. The summed E-state index contributed by atoms with van der Waals surface area (Å²) >= 11 is 0. The average molecular weight is 395 g/mol. The fraction of sp³-hybridized carbons (Fsp3) is 0.500. The highest BCUT2D eigenvalue weighted by atomic mass is 16.2. The SMILES string of the molecule is CC(=O)N1CCN(c2ccnc(N3CCN(c4cccc(C)c4C)CC3)n2)CC1. The summed E-state index contributed by atoms with van der Waals surface area (Å²) in [5.41, 5.74) is 4.04. The van der Waals surface area contributed by atoms with Gasteiger partial charge >= 0.3 is 0 Å². The van der Waals surface area contributed by atoms with E-state index in [9.17, 15) is 4.79 Å². The van der Waals surface area contributed by atoms with Crippen molar-refractivity contribution in [3.05, 3.63) is 41.6 Å². The number of carbonyl (C=O) groups is 1. The first kappa shape index (κ1) is 19.5. The molecule has 29 heavy (non-hydrogen) atoms. The topological polar surface area (TPSA) is 55.8 Å². The van der Waals surface area contributed by atoms with Gasteiger partial charge in [0.2, 0.25) is 11.9 Å². The Bertz CT molecular complexity index is 869. The second-order valence-electron chi connectivity index (χ2n) is 7.90. The van der Waals surface area contributed by atoms with Crippen LogP contribution in [0.25, 0.3) is 0 Å². The molecule has 1 aromatic carbocycles. The third-order valence-corrected chi connectivity index (χ3v) is 6.16. The molecule has 0 saturated carbocycles. The Morgan fingerprint density at radius 1 is 0.862 bits per heavy atom. The summed E-state index contributed by atoms with van der Waals surface area (Å²) in [5, 5.41) is 0. The summed E-state index contributed by atoms with van der Waals surface area (Å²) in [6, 6.07) is 8.50. The normalized spacial score (nSPS) is 17.6. The van der Waals surface area contributed by atoms with Crippen LogP contribution in [-0.2, 0) is 4.79 Å². The lowest BCUT2D eigenvalue weighted by Crippen LogP contribution is -2.49. The van der Waals surface area contributed by atoms with Crippen molar-refractivity contribution in [3.8, 4) is 0 Å². The van der Waals surface area contributed by atoms with Gasteiger partial charge in [0.05, 0.1) is 0 Å². The monoisotopic (exact) mass is 394 g/mol. The summed E-state index contributed by atoms with van der Waals surface area (Å²) in [7, 11) is 0. The number of benzene rings is 1. The van der Waals surface area contributed by atoms with Crippen molar-refractivity contribution >= 4 is 23.4 Å². The smallest absolute Gasteiger partial charge is 0.227 e. The lowest BCUT2D eigenvalue weighted by molar-refractivity contribution is -0.129. The van der Waals surface area contributed by atoms with Gasteiger partial charge in [0.15, 0.2) is 0 Å². The third kappa shape index (κ3) is 4.13. The van der Waals surface area contributed by atoms with Gasteiger partial charge in [0.25, 0.3) is 0 Å². The zero-order valence-electron chi connectivity index (χ0n) is 17.6. The van der Waals surface area contributed by atoms with Gasteiger partial charge in [0, 0.05) is 71.2 Å². The maximum absolute atomic E-state index is 11.5. The molecule has 0 aliphatic carbocycles. The minimum absolute atomic E-state index is 0.148. The highest BCUT2D eigenvalue weighted by Crippen LogP contribution is 2.25. The molecule has 3 heterocycles. The number of nitrogens with zero attached hydrogens (tertiary/aromatic N) is 6. The summed E-state index contributed by atoms with van der Waals surface area (Å²) in [5.74, 6) is 1.90. The molecule has 0 unspecified atom stereocenters. The highest BCUT2D eigenvalue weighted by molar-refractivity contribution is 5.73. The fourth-order valence-electron chi connectivity index (χ4n) is 4.14. The van der Waals surface area contributed by atoms with Gasteiger partial charge in [-0.3, -0.25) is 4.79 Å². The molecule has 7 nitrogen and oxygen atoms in total. The zero-order valence-corrected chi connectivity index (χ0v) is 17.6. The van der Waals surface area contributed by atoms with Crippen LogP contribution in [0.2, 0.25) is 0 Å². The predicted octanol–water partition coefficient (Wildman–Crippen LogP) is 2.09. The Labute approximate surface area is 172 Å². The van der Waals surface area contributed by atoms with Crippen LogP contribution in [0.3, 0.4) is 0 Å². The molecule has 1 amide bonds. The van der Waals surface area contributed by atoms with Crippen LogP contribution in [0.5, 0.6) is 0 Å². The number of amides is 1. The molecule has 2 aliphatic heterocycles. The molecule has 0 spiro atoms. The van der Waals surface area contributed by atoms with Crippen LogP contribution < -0.4 is 14.7 Å². The first-order valence-corrected chi connectivity index (χ1v) is 10.4. The summed E-state index contributed by atoms with van der Waals surface area (Å²) in [6.07, 6.45) is 1.85. The number of anilines is 3. The Morgan fingerprint density at radius 2 is 1.52 bits per heavy atom. The Kier molecular flexibility index (Phi) is 5.56. The molecule has 2 aromatic rings. The Hall–Kier alpha value is -2.83. The number of hydrogen-bond acceptors (Lipinski definition) is 6. The van der Waals surface area contributed by atoms with E-state index in [1.165, 1.54) is 16.8 Å². The highest BCUT2D eigenvalue weighted by Gasteiger charge is 2.23. The van der Waals surface area contributed by atoms with Crippen molar-refractivity contribution in [3.63, 3.8) is 0 Å². The van der Waals surface area contributed by atoms with Crippen molar-refractivity contribution in [1.29, 1.82) is 0 Å². The molecule has 1 aromatic heterocycles. The summed E-state index contributed by atoms with van der Waals surface area (Å²) < 4.78 is 0. The van der Waals surface area contributed by atoms with E-state index in [1.54, 1.807) is 6.92 Å². The van der Waals surface area contributed by atoms with Gasteiger partial charge < -0.3 is 19.6 Å². The van der Waals surface area contributed by atoms with Gasteiger partial charge in [-0.15, -0.1) is 0 Å². The standard InChI is InChI=1S/C22H30N6O/c1-17-5-4-6-20(18(17)2)26-11-15-28(16-12-26)22-23-8-7-21(24-22)27-13-9-25(10-14-27)19(3)29/h4-8H,9-16H2,1-3H3. The number of piperazine rings is 2. The molecule has 4 rings (SSSR count). The number of aromatic nitrogens is 2. The molecule has 7 heteroatoms. The van der Waals surface area contributed by atoms with E-state index in [0.717, 1.165) is 64.1 Å². The Balaban J connectivity index is 1.40. The maximum atomic E-state index is 11.5. The number of carbonyl (C=O) groups excluding carboxylic acids is 1. The fourth-order valence-corrected chi connectivity index (χ4v) is 4.14. The lowest BCUT2D eigenvalue weighted by atomic mass is 10.1. The van der Waals surface area contributed by atoms with Gasteiger partial charge in [-0.2, -0.15) is 4.98 Å². The van der Waals surface area contributed by atoms with E-state index < -0.39 is 0 Å². The van der Waals surface area contributed by atoms with Crippen LogP contribution in [-0.4, -0.2) is 73.1 Å². The number of hydrogen-bond donors (Lipinski definition) is 0. The van der Waals surface area contributed by atoms with E-state index in [-0.39, 0.29) is 5.91 Å². The van der Waals surface area contributed by atoms with Crippen LogP contribution in [0.15, 0.2) is 30.5 Å². The first-order valence-electron chi connectivity index (χ1n) is 10.4. The molecule has 2 saturated heterocycles. The molecule has 2 aliphatic rings. The van der Waals surface area contributed by atoms with E-state index in [4.69, 9.17) is 4.98 Å². The Morgan fingerprint density at radius 3 is 2.21 bits per heavy atom. The van der Waals surface area contributed by atoms with Crippen molar-refractivity contribution in [2.75, 3.05) is 67.1 Å². The molecule has 154 valence electrons. The molecule has 0 bridgehead atoms. The van der Waals surface area contributed by atoms with Gasteiger partial charge in [-0.25, -0.2) is 4.98 Å². The minimum atomic E-state index is 0.148. The molecule has 0 atom stereocenters. The van der Waals surface area contributed by atoms with E-state index in [2.05, 4.69) is 51.7 Å². The molecular formula is C22H30N6O. The third-order valence-electron chi connectivity index (χ3n) is 6.16. The summed E-state index contributed by atoms with van der Waals surface area (Å²) in [6.45, 7) is 12.9. The summed E-state index contributed by atoms with van der Waals surface area (Å²) in [4.78, 5) is 29.8. The number of rotatable bonds is 3. The maximum Gasteiger partial charge on any atom is 0.227 e.